The van der Waals surface area contributed by atoms with E-state index in [1.807, 2.05) is 0 Å². The molecule has 0 spiro atoms. The van der Waals surface area contributed by atoms with E-state index in [9.17, 15) is 22.4 Å². The Morgan fingerprint density at radius 2 is 2.07 bits per heavy atom. The minimum Gasteiger partial charge on any atom is -0.356 e. The fraction of sp³-hybridized carbons (Fsp3) is 0.294. The fourth-order valence-electron chi connectivity index (χ4n) is 2.71. The zero-order valence-electron chi connectivity index (χ0n) is 15.2. The van der Waals surface area contributed by atoms with Crippen LogP contribution in [0.15, 0.2) is 24.7 Å². The third kappa shape index (κ3) is 4.73. The molecule has 154 valence electrons. The van der Waals surface area contributed by atoms with Crippen molar-refractivity contribution < 1.29 is 22.4 Å². The van der Waals surface area contributed by atoms with E-state index in [0.29, 0.717) is 26.5 Å². The summed E-state index contributed by atoms with van der Waals surface area (Å²) in [5.74, 6) is -1.93. The minimum absolute atomic E-state index is 0.118. The molecule has 0 saturated carbocycles. The number of nitrogens with one attached hydrogen (secondary N) is 2. The van der Waals surface area contributed by atoms with Crippen molar-refractivity contribution in [2.24, 2.45) is 0 Å². The van der Waals surface area contributed by atoms with Gasteiger partial charge in [0.15, 0.2) is 17.5 Å². The first-order valence-electron chi connectivity index (χ1n) is 8.29. The molecule has 0 aliphatic heterocycles. The van der Waals surface area contributed by atoms with E-state index in [1.54, 1.807) is 12.3 Å². The summed E-state index contributed by atoms with van der Waals surface area (Å²) in [5, 5.41) is 3.48. The van der Waals surface area contributed by atoms with Crippen LogP contribution in [0.1, 0.15) is 6.92 Å². The number of aromatic amines is 1. The van der Waals surface area contributed by atoms with Gasteiger partial charge in [-0.25, -0.2) is 19.3 Å². The van der Waals surface area contributed by atoms with Gasteiger partial charge in [0.2, 0.25) is 5.91 Å². The van der Waals surface area contributed by atoms with Gasteiger partial charge in [-0.05, 0) is 13.0 Å². The van der Waals surface area contributed by atoms with Gasteiger partial charge in [-0.15, -0.1) is 0 Å². The molecule has 1 amide bonds. The summed E-state index contributed by atoms with van der Waals surface area (Å²) in [7, 11) is 1.01. The highest BCUT2D eigenvalue weighted by Crippen LogP contribution is 2.28. The van der Waals surface area contributed by atoms with Crippen molar-refractivity contribution in [3.05, 3.63) is 35.5 Å². The maximum atomic E-state index is 14.2. The quantitative estimate of drug-likeness (QED) is 0.604. The molecule has 3 heterocycles. The Morgan fingerprint density at radius 3 is 2.76 bits per heavy atom. The number of carbonyl (C=O) groups is 1. The van der Waals surface area contributed by atoms with Gasteiger partial charge in [0, 0.05) is 30.4 Å². The van der Waals surface area contributed by atoms with E-state index in [1.165, 1.54) is 13.1 Å². The zero-order valence-corrected chi connectivity index (χ0v) is 15.9. The largest absolute Gasteiger partial charge is 0.406 e. The lowest BCUT2D eigenvalue weighted by molar-refractivity contribution is -0.158. The maximum Gasteiger partial charge on any atom is 0.406 e. The number of rotatable bonds is 5. The topological polar surface area (TPSA) is 86.8 Å². The van der Waals surface area contributed by atoms with E-state index < -0.39 is 30.5 Å². The molecule has 12 heteroatoms. The summed E-state index contributed by atoms with van der Waals surface area (Å²) in [5.41, 5.74) is 1.01. The third-order valence-corrected chi connectivity index (χ3v) is 4.21. The predicted octanol–water partition coefficient (Wildman–Crippen LogP) is 3.63. The Morgan fingerprint density at radius 1 is 1.34 bits per heavy atom. The predicted molar refractivity (Wildman–Crippen MR) is 98.9 cm³/mol. The molecule has 0 saturated heterocycles. The lowest BCUT2D eigenvalue weighted by Gasteiger charge is -2.23. The van der Waals surface area contributed by atoms with Crippen molar-refractivity contribution in [3.8, 4) is 11.4 Å². The molecule has 0 radical (unpaired) electrons. The lowest BCUT2D eigenvalue weighted by atomic mass is 10.2. The number of aromatic nitrogens is 4. The van der Waals surface area contributed by atoms with Crippen molar-refractivity contribution in [2.45, 2.75) is 19.1 Å². The molecule has 0 aromatic carbocycles. The van der Waals surface area contributed by atoms with E-state index in [4.69, 9.17) is 11.6 Å². The summed E-state index contributed by atoms with van der Waals surface area (Å²) in [6.07, 6.45) is -0.621. The first-order chi connectivity index (χ1) is 13.5. The summed E-state index contributed by atoms with van der Waals surface area (Å²) in [6.45, 7) is -0.107. The van der Waals surface area contributed by atoms with Crippen molar-refractivity contribution in [2.75, 3.05) is 18.9 Å². The van der Waals surface area contributed by atoms with Gasteiger partial charge in [0.1, 0.15) is 18.2 Å². The Kier molecular flexibility index (Phi) is 5.60. The van der Waals surface area contributed by atoms with Gasteiger partial charge in [0.25, 0.3) is 0 Å². The number of hydrogen-bond acceptors (Lipinski definition) is 5. The number of amides is 1. The number of alkyl halides is 3. The van der Waals surface area contributed by atoms with Crippen LogP contribution in [-0.4, -0.2) is 56.6 Å². The maximum absolute atomic E-state index is 14.2. The van der Waals surface area contributed by atoms with Crippen molar-refractivity contribution >= 4 is 34.4 Å². The molecular formula is C17H15ClF4N6O. The van der Waals surface area contributed by atoms with Crippen LogP contribution in [0.2, 0.25) is 5.02 Å². The van der Waals surface area contributed by atoms with Crippen LogP contribution >= 0.6 is 11.6 Å². The average molecular weight is 431 g/mol. The van der Waals surface area contributed by atoms with Gasteiger partial charge in [0.05, 0.1) is 11.2 Å². The van der Waals surface area contributed by atoms with Crippen LogP contribution in [0, 0.1) is 5.82 Å². The zero-order chi connectivity index (χ0) is 21.3. The number of likely N-dealkylation sites (N-methyl/N-ethyl adjacent to an activating group) is 1. The number of halogens is 5. The molecule has 1 atom stereocenters. The van der Waals surface area contributed by atoms with E-state index in [2.05, 4.69) is 25.3 Å². The minimum atomic E-state index is -4.54. The number of fused-ring (bicyclic) bond motifs is 1. The first-order valence-corrected chi connectivity index (χ1v) is 8.67. The second kappa shape index (κ2) is 7.82. The van der Waals surface area contributed by atoms with Crippen molar-refractivity contribution in [1.82, 2.24) is 24.8 Å². The van der Waals surface area contributed by atoms with E-state index >= 15 is 0 Å². The molecule has 0 aliphatic carbocycles. The summed E-state index contributed by atoms with van der Waals surface area (Å²) in [4.78, 5) is 27.7. The standard InChI is InChI=1S/C17H15ClF4N6O/c1-8(16(29)28(2)7-17(20,21)22)26-15-12(19)6-25-14(27-15)11-5-24-13-10(11)3-9(18)4-23-13/h3-6,8H,7H2,1-2H3,(H,23,24)(H,25,26,27). The van der Waals surface area contributed by atoms with Crippen LogP contribution in [0.4, 0.5) is 23.4 Å². The number of hydrogen-bond donors (Lipinski definition) is 2. The number of nitrogens with zero attached hydrogens (tertiary/aromatic N) is 4. The Labute approximate surface area is 167 Å². The monoisotopic (exact) mass is 430 g/mol. The molecular weight excluding hydrogens is 416 g/mol. The van der Waals surface area contributed by atoms with Gasteiger partial charge in [-0.1, -0.05) is 11.6 Å². The summed E-state index contributed by atoms with van der Waals surface area (Å²) in [6, 6.07) is 0.479. The van der Waals surface area contributed by atoms with Gasteiger partial charge in [-0.3, -0.25) is 4.79 Å². The van der Waals surface area contributed by atoms with Gasteiger partial charge >= 0.3 is 6.18 Å². The normalized spacial score (nSPS) is 12.8. The summed E-state index contributed by atoms with van der Waals surface area (Å²) < 4.78 is 51.6. The van der Waals surface area contributed by atoms with Crippen LogP contribution in [0.25, 0.3) is 22.4 Å². The first kappa shape index (κ1) is 20.8. The molecule has 1 unspecified atom stereocenters. The molecule has 0 aliphatic rings. The van der Waals surface area contributed by atoms with Gasteiger partial charge < -0.3 is 15.2 Å². The van der Waals surface area contributed by atoms with Crippen molar-refractivity contribution in [3.63, 3.8) is 0 Å². The molecule has 2 N–H and O–H groups in total. The molecule has 0 fully saturated rings. The van der Waals surface area contributed by atoms with Crippen LogP contribution in [-0.2, 0) is 4.79 Å². The number of carbonyl (C=O) groups excluding carboxylic acids is 1. The second-order valence-electron chi connectivity index (χ2n) is 6.32. The number of anilines is 1. The molecule has 7 nitrogen and oxygen atoms in total. The Balaban J connectivity index is 1.85. The smallest absolute Gasteiger partial charge is 0.356 e. The van der Waals surface area contributed by atoms with E-state index in [0.717, 1.165) is 13.2 Å². The second-order valence-corrected chi connectivity index (χ2v) is 6.75. The highest BCUT2D eigenvalue weighted by molar-refractivity contribution is 6.31. The highest BCUT2D eigenvalue weighted by Gasteiger charge is 2.32. The Hall–Kier alpha value is -2.95. The number of H-pyrrole nitrogens is 1. The summed E-state index contributed by atoms with van der Waals surface area (Å²) >= 11 is 5.96. The van der Waals surface area contributed by atoms with Crippen LogP contribution in [0.5, 0.6) is 0 Å². The Bertz CT molecular complexity index is 1050. The fourth-order valence-corrected chi connectivity index (χ4v) is 2.86. The van der Waals surface area contributed by atoms with Gasteiger partial charge in [-0.2, -0.15) is 13.2 Å². The molecule has 29 heavy (non-hydrogen) atoms. The lowest BCUT2D eigenvalue weighted by Crippen LogP contribution is -2.43. The average Bonchev–Trinajstić information content (AvgIpc) is 3.04. The molecule has 3 rings (SSSR count). The third-order valence-electron chi connectivity index (χ3n) is 4.00. The number of pyridine rings is 1. The SMILES string of the molecule is CC(Nc1nc(-c2c[nH]c3ncc(Cl)cc23)ncc1F)C(=O)N(C)CC(F)(F)F. The van der Waals surface area contributed by atoms with E-state index in [-0.39, 0.29) is 11.6 Å². The molecule has 3 aromatic rings. The van der Waals surface area contributed by atoms with Crippen molar-refractivity contribution in [1.29, 1.82) is 0 Å². The molecule has 0 bridgehead atoms. The molecule has 3 aromatic heterocycles. The van der Waals surface area contributed by atoms with Crippen LogP contribution < -0.4 is 5.32 Å². The van der Waals surface area contributed by atoms with Crippen LogP contribution in [0.3, 0.4) is 0 Å². The highest BCUT2D eigenvalue weighted by atomic mass is 35.5.